The highest BCUT2D eigenvalue weighted by molar-refractivity contribution is 5.98. The maximum absolute atomic E-state index is 13.5. The molecule has 0 bridgehead atoms. The van der Waals surface area contributed by atoms with Gasteiger partial charge in [0.15, 0.2) is 5.78 Å². The summed E-state index contributed by atoms with van der Waals surface area (Å²) in [4.78, 5) is 13.9. The van der Waals surface area contributed by atoms with Gasteiger partial charge in [-0.1, -0.05) is 6.07 Å². The average molecular weight is 191 g/mol. The Morgan fingerprint density at radius 3 is 2.79 bits per heavy atom. The molecule has 1 aromatic heterocycles. The zero-order chi connectivity index (χ0) is 10.3. The molecular weight excluding hydrogens is 181 g/mol. The summed E-state index contributed by atoms with van der Waals surface area (Å²) in [5.41, 5.74) is 1.70. The lowest BCUT2D eigenvalue weighted by atomic mass is 10.1. The Morgan fingerprint density at radius 2 is 2.14 bits per heavy atom. The number of hydrogen-bond acceptors (Lipinski definition) is 1. The number of Topliss-reactive ketones (excluding diaryl/α,β-unsaturated/α-hetero) is 1. The first kappa shape index (κ1) is 8.94. The number of nitrogens with one attached hydrogen (secondary N) is 1. The molecule has 0 atom stereocenters. The number of benzene rings is 1. The van der Waals surface area contributed by atoms with Crippen LogP contribution in [0.3, 0.4) is 0 Å². The fraction of sp³-hybridized carbons (Fsp3) is 0.182. The van der Waals surface area contributed by atoms with Crippen molar-refractivity contribution >= 4 is 16.7 Å². The molecule has 2 aromatic rings. The van der Waals surface area contributed by atoms with E-state index in [1.807, 2.05) is 0 Å². The van der Waals surface area contributed by atoms with Gasteiger partial charge in [0.2, 0.25) is 0 Å². The Balaban J connectivity index is 2.77. The minimum atomic E-state index is -0.258. The van der Waals surface area contributed by atoms with Gasteiger partial charge < -0.3 is 4.98 Å². The molecule has 0 unspecified atom stereocenters. The summed E-state index contributed by atoms with van der Waals surface area (Å²) in [5, 5.41) is 0.482. The number of fused-ring (bicyclic) bond motifs is 1. The summed E-state index contributed by atoms with van der Waals surface area (Å²) in [6.07, 6.45) is 0. The molecule has 1 aromatic carbocycles. The molecule has 0 aliphatic heterocycles. The number of carbonyl (C=O) groups is 1. The van der Waals surface area contributed by atoms with Gasteiger partial charge in [-0.3, -0.25) is 4.79 Å². The zero-order valence-electron chi connectivity index (χ0n) is 8.02. The van der Waals surface area contributed by atoms with E-state index in [0.29, 0.717) is 22.2 Å². The molecule has 2 nitrogen and oxygen atoms in total. The molecule has 0 fully saturated rings. The Hall–Kier alpha value is -1.64. The summed E-state index contributed by atoms with van der Waals surface area (Å²) in [6.45, 7) is 3.16. The Morgan fingerprint density at radius 1 is 1.43 bits per heavy atom. The number of hydrogen-bond donors (Lipinski definition) is 1. The van der Waals surface area contributed by atoms with Crippen molar-refractivity contribution in [2.24, 2.45) is 0 Å². The fourth-order valence-corrected chi connectivity index (χ4v) is 1.47. The minimum Gasteiger partial charge on any atom is -0.352 e. The van der Waals surface area contributed by atoms with E-state index >= 15 is 0 Å². The first-order chi connectivity index (χ1) is 6.59. The van der Waals surface area contributed by atoms with Gasteiger partial charge in [0, 0.05) is 17.8 Å². The average Bonchev–Trinajstić information content (AvgIpc) is 2.56. The van der Waals surface area contributed by atoms with Crippen molar-refractivity contribution in [3.05, 3.63) is 35.3 Å². The molecular formula is C11H10FNO. The molecule has 0 amide bonds. The molecule has 0 saturated carbocycles. The van der Waals surface area contributed by atoms with E-state index in [2.05, 4.69) is 4.98 Å². The van der Waals surface area contributed by atoms with Gasteiger partial charge in [-0.15, -0.1) is 0 Å². The number of aromatic amines is 1. The monoisotopic (exact) mass is 191 g/mol. The van der Waals surface area contributed by atoms with Gasteiger partial charge in [0.05, 0.1) is 5.69 Å². The second kappa shape index (κ2) is 2.94. The molecule has 0 aliphatic rings. The van der Waals surface area contributed by atoms with E-state index in [0.717, 1.165) is 0 Å². The standard InChI is InChI=1S/C11H10FNO/c1-6-3-4-9-8(11(6)12)5-10(13-9)7(2)14/h3-5,13H,1-2H3. The molecule has 0 aliphatic carbocycles. The highest BCUT2D eigenvalue weighted by Crippen LogP contribution is 2.21. The number of carbonyl (C=O) groups excluding carboxylic acids is 1. The van der Waals surface area contributed by atoms with Crippen molar-refractivity contribution in [3.63, 3.8) is 0 Å². The normalized spacial score (nSPS) is 10.8. The van der Waals surface area contributed by atoms with Crippen LogP contribution in [-0.2, 0) is 0 Å². The van der Waals surface area contributed by atoms with Crippen LogP contribution in [0.4, 0.5) is 4.39 Å². The predicted octanol–water partition coefficient (Wildman–Crippen LogP) is 2.82. The molecule has 1 N–H and O–H groups in total. The molecule has 1 heterocycles. The van der Waals surface area contributed by atoms with E-state index in [1.165, 1.54) is 6.92 Å². The summed E-state index contributed by atoms with van der Waals surface area (Å²) < 4.78 is 13.5. The van der Waals surface area contributed by atoms with Crippen molar-refractivity contribution < 1.29 is 9.18 Å². The Bertz CT molecular complexity index is 513. The van der Waals surface area contributed by atoms with Gasteiger partial charge in [-0.25, -0.2) is 4.39 Å². The number of rotatable bonds is 1. The summed E-state index contributed by atoms with van der Waals surface area (Å²) in [6, 6.07) is 5.03. The minimum absolute atomic E-state index is 0.0850. The molecule has 3 heteroatoms. The van der Waals surface area contributed by atoms with Crippen molar-refractivity contribution in [1.82, 2.24) is 4.98 Å². The maximum atomic E-state index is 13.5. The predicted molar refractivity (Wildman–Crippen MR) is 53.0 cm³/mol. The third-order valence-corrected chi connectivity index (χ3v) is 2.31. The second-order valence-electron chi connectivity index (χ2n) is 3.40. The number of H-pyrrole nitrogens is 1. The summed E-state index contributed by atoms with van der Waals surface area (Å²) >= 11 is 0. The summed E-state index contributed by atoms with van der Waals surface area (Å²) in [5.74, 6) is -0.343. The van der Waals surface area contributed by atoms with Crippen LogP contribution in [-0.4, -0.2) is 10.8 Å². The lowest BCUT2D eigenvalue weighted by Gasteiger charge is -1.95. The van der Waals surface area contributed by atoms with Crippen LogP contribution in [0.15, 0.2) is 18.2 Å². The topological polar surface area (TPSA) is 32.9 Å². The van der Waals surface area contributed by atoms with Crippen molar-refractivity contribution in [1.29, 1.82) is 0 Å². The molecule has 14 heavy (non-hydrogen) atoms. The maximum Gasteiger partial charge on any atom is 0.175 e. The van der Waals surface area contributed by atoms with E-state index in [4.69, 9.17) is 0 Å². The van der Waals surface area contributed by atoms with Crippen molar-refractivity contribution in [2.75, 3.05) is 0 Å². The SMILES string of the molecule is CC(=O)c1cc2c(F)c(C)ccc2[nH]1. The van der Waals surface area contributed by atoms with E-state index in [-0.39, 0.29) is 11.6 Å². The van der Waals surface area contributed by atoms with Crippen LogP contribution in [0, 0.1) is 12.7 Å². The highest BCUT2D eigenvalue weighted by atomic mass is 19.1. The fourth-order valence-electron chi connectivity index (χ4n) is 1.47. The van der Waals surface area contributed by atoms with Crippen molar-refractivity contribution in [3.8, 4) is 0 Å². The van der Waals surface area contributed by atoms with Crippen LogP contribution >= 0.6 is 0 Å². The Labute approximate surface area is 80.7 Å². The highest BCUT2D eigenvalue weighted by Gasteiger charge is 2.09. The number of aryl methyl sites for hydroxylation is 1. The molecule has 2 rings (SSSR count). The molecule has 0 radical (unpaired) electrons. The Kier molecular flexibility index (Phi) is 1.88. The number of halogens is 1. The van der Waals surface area contributed by atoms with Crippen LogP contribution in [0.2, 0.25) is 0 Å². The van der Waals surface area contributed by atoms with E-state index in [9.17, 15) is 9.18 Å². The first-order valence-electron chi connectivity index (χ1n) is 4.38. The molecule has 72 valence electrons. The van der Waals surface area contributed by atoms with Crippen LogP contribution in [0.25, 0.3) is 10.9 Å². The molecule has 0 saturated heterocycles. The van der Waals surface area contributed by atoms with Crippen LogP contribution in [0.1, 0.15) is 23.0 Å². The van der Waals surface area contributed by atoms with E-state index < -0.39 is 0 Å². The van der Waals surface area contributed by atoms with Gasteiger partial charge in [-0.2, -0.15) is 0 Å². The number of ketones is 1. The lowest BCUT2D eigenvalue weighted by molar-refractivity contribution is 0.101. The van der Waals surface area contributed by atoms with Gasteiger partial charge in [0.25, 0.3) is 0 Å². The number of aromatic nitrogens is 1. The van der Waals surface area contributed by atoms with Gasteiger partial charge >= 0.3 is 0 Å². The zero-order valence-corrected chi connectivity index (χ0v) is 8.02. The second-order valence-corrected chi connectivity index (χ2v) is 3.40. The summed E-state index contributed by atoms with van der Waals surface area (Å²) in [7, 11) is 0. The lowest BCUT2D eigenvalue weighted by Crippen LogP contribution is -1.89. The molecule has 0 spiro atoms. The van der Waals surface area contributed by atoms with E-state index in [1.54, 1.807) is 25.1 Å². The quantitative estimate of drug-likeness (QED) is 0.691. The van der Waals surface area contributed by atoms with Crippen molar-refractivity contribution in [2.45, 2.75) is 13.8 Å². The van der Waals surface area contributed by atoms with Gasteiger partial charge in [-0.05, 0) is 24.6 Å². The largest absolute Gasteiger partial charge is 0.352 e. The van der Waals surface area contributed by atoms with Gasteiger partial charge in [0.1, 0.15) is 5.82 Å². The van der Waals surface area contributed by atoms with Crippen LogP contribution < -0.4 is 0 Å². The third-order valence-electron chi connectivity index (χ3n) is 2.31. The van der Waals surface area contributed by atoms with Crippen LogP contribution in [0.5, 0.6) is 0 Å². The first-order valence-corrected chi connectivity index (χ1v) is 4.38. The smallest absolute Gasteiger partial charge is 0.175 e. The third kappa shape index (κ3) is 1.21.